The van der Waals surface area contributed by atoms with Crippen molar-refractivity contribution in [2.75, 3.05) is 6.26 Å². The van der Waals surface area contributed by atoms with Crippen molar-refractivity contribution < 1.29 is 8.63 Å². The van der Waals surface area contributed by atoms with E-state index in [1.165, 1.54) is 12.3 Å². The topological polar surface area (TPSA) is 93.0 Å². The number of hydrogen-bond donors (Lipinski definition) is 1. The van der Waals surface area contributed by atoms with Crippen LogP contribution in [0.4, 0.5) is 0 Å². The molecule has 17 heavy (non-hydrogen) atoms. The molecule has 90 valence electrons. The van der Waals surface area contributed by atoms with Gasteiger partial charge >= 0.3 is 5.63 Å². The average molecular weight is 254 g/mol. The van der Waals surface area contributed by atoms with Gasteiger partial charge in [-0.2, -0.15) is 4.98 Å². The van der Waals surface area contributed by atoms with Crippen LogP contribution in [0.3, 0.4) is 0 Å². The molecule has 0 radical (unpaired) electrons. The maximum absolute atomic E-state index is 11.8. The van der Waals surface area contributed by atoms with Gasteiger partial charge in [-0.05, 0) is 12.0 Å². The van der Waals surface area contributed by atoms with Crippen molar-refractivity contribution in [3.05, 3.63) is 32.4 Å². The zero-order chi connectivity index (χ0) is 12.6. The summed E-state index contributed by atoms with van der Waals surface area (Å²) in [5, 5.41) is 0.236. The highest BCUT2D eigenvalue weighted by molar-refractivity contribution is 7.84. The molecule has 0 fully saturated rings. The fourth-order valence-corrected chi connectivity index (χ4v) is 1.99. The van der Waals surface area contributed by atoms with Crippen LogP contribution in [0, 0.1) is 0 Å². The van der Waals surface area contributed by atoms with Crippen LogP contribution < -0.4 is 11.2 Å². The average Bonchev–Trinajstić information content (AvgIpc) is 2.26. The molecule has 0 aromatic carbocycles. The molecule has 0 spiro atoms. The summed E-state index contributed by atoms with van der Waals surface area (Å²) in [5.41, 5.74) is -0.511. The Hall–Kier alpha value is -1.76. The van der Waals surface area contributed by atoms with Crippen LogP contribution in [-0.2, 0) is 17.2 Å². The lowest BCUT2D eigenvalue weighted by molar-refractivity contribution is 0.540. The minimum absolute atomic E-state index is 0.00102. The van der Waals surface area contributed by atoms with Crippen LogP contribution in [0.1, 0.15) is 12.5 Å². The quantitative estimate of drug-likeness (QED) is 0.771. The fraction of sp³-hybridized carbons (Fsp3) is 0.300. The molecule has 0 saturated heterocycles. The molecule has 1 atom stereocenters. The molecule has 2 heterocycles. The van der Waals surface area contributed by atoms with Gasteiger partial charge in [-0.3, -0.25) is 14.0 Å². The minimum Gasteiger partial charge on any atom is -0.403 e. The highest BCUT2D eigenvalue weighted by atomic mass is 32.2. The third-order valence-electron chi connectivity index (χ3n) is 2.33. The molecule has 0 bridgehead atoms. The smallest absolute Gasteiger partial charge is 0.337 e. The first kappa shape index (κ1) is 11.7. The highest BCUT2D eigenvalue weighted by Gasteiger charge is 2.12. The lowest BCUT2D eigenvalue weighted by atomic mass is 10.1. The summed E-state index contributed by atoms with van der Waals surface area (Å²) < 4.78 is 16.1. The van der Waals surface area contributed by atoms with Crippen molar-refractivity contribution >= 4 is 21.9 Å². The van der Waals surface area contributed by atoms with E-state index in [2.05, 4.69) is 9.97 Å². The van der Waals surface area contributed by atoms with Gasteiger partial charge in [-0.1, -0.05) is 6.92 Å². The van der Waals surface area contributed by atoms with Crippen LogP contribution in [0.2, 0.25) is 0 Å². The van der Waals surface area contributed by atoms with Crippen molar-refractivity contribution in [2.24, 2.45) is 0 Å². The summed E-state index contributed by atoms with van der Waals surface area (Å²) in [7, 11) is -1.44. The number of nitrogens with one attached hydrogen (secondary N) is 1. The number of hydrogen-bond acceptors (Lipinski definition) is 5. The molecule has 0 aliphatic heterocycles. The molecule has 2 aromatic heterocycles. The predicted octanol–water partition coefficient (Wildman–Crippen LogP) is 0.176. The molecule has 0 saturated carbocycles. The van der Waals surface area contributed by atoms with E-state index in [-0.39, 0.29) is 16.3 Å². The standard InChI is InChI=1S/C10H10N2O4S/c1-3-5-4-6(13)16-9-7(5)8(14)11-10(12-9)17(2)15/h4H,3H2,1-2H3,(H,11,12,14). The normalized spacial score (nSPS) is 12.8. The summed E-state index contributed by atoms with van der Waals surface area (Å²) in [6, 6.07) is 1.27. The molecule has 6 nitrogen and oxygen atoms in total. The van der Waals surface area contributed by atoms with E-state index in [1.807, 2.05) is 6.92 Å². The number of fused-ring (bicyclic) bond motifs is 1. The van der Waals surface area contributed by atoms with Gasteiger partial charge in [0.05, 0.1) is 10.8 Å². The Labute approximate surface area is 98.1 Å². The number of aromatic amines is 1. The molecule has 7 heteroatoms. The molecular formula is C10H10N2O4S. The zero-order valence-electron chi connectivity index (χ0n) is 9.27. The number of aromatic nitrogens is 2. The van der Waals surface area contributed by atoms with Crippen molar-refractivity contribution in [1.82, 2.24) is 9.97 Å². The van der Waals surface area contributed by atoms with Crippen LogP contribution >= 0.6 is 0 Å². The molecular weight excluding hydrogens is 244 g/mol. The maximum atomic E-state index is 11.8. The third kappa shape index (κ3) is 2.05. The summed E-state index contributed by atoms with van der Waals surface area (Å²) in [6.07, 6.45) is 1.90. The Bertz CT molecular complexity index is 716. The molecule has 2 rings (SSSR count). The minimum atomic E-state index is -1.44. The van der Waals surface area contributed by atoms with Gasteiger partial charge < -0.3 is 4.42 Å². The second-order valence-corrected chi connectivity index (χ2v) is 4.74. The van der Waals surface area contributed by atoms with Gasteiger partial charge in [0, 0.05) is 12.3 Å². The van der Waals surface area contributed by atoms with E-state index >= 15 is 0 Å². The molecule has 2 aromatic rings. The Morgan fingerprint density at radius 1 is 1.47 bits per heavy atom. The van der Waals surface area contributed by atoms with E-state index in [1.54, 1.807) is 0 Å². The van der Waals surface area contributed by atoms with Gasteiger partial charge in [0.15, 0.2) is 0 Å². The molecule has 1 N–H and O–H groups in total. The monoisotopic (exact) mass is 254 g/mol. The second-order valence-electron chi connectivity index (χ2n) is 3.45. The zero-order valence-corrected chi connectivity index (χ0v) is 10.1. The lowest BCUT2D eigenvalue weighted by Gasteiger charge is -2.02. The van der Waals surface area contributed by atoms with Gasteiger partial charge in [0.25, 0.3) is 5.56 Å². The Balaban J connectivity index is 2.95. The van der Waals surface area contributed by atoms with Crippen molar-refractivity contribution in [3.8, 4) is 0 Å². The van der Waals surface area contributed by atoms with E-state index in [9.17, 15) is 13.8 Å². The van der Waals surface area contributed by atoms with Crippen molar-refractivity contribution in [1.29, 1.82) is 0 Å². The largest absolute Gasteiger partial charge is 0.403 e. The van der Waals surface area contributed by atoms with Gasteiger partial charge in [-0.25, -0.2) is 4.79 Å². The maximum Gasteiger partial charge on any atom is 0.337 e. The van der Waals surface area contributed by atoms with Crippen LogP contribution in [0.15, 0.2) is 25.2 Å². The van der Waals surface area contributed by atoms with Crippen LogP contribution in [0.5, 0.6) is 0 Å². The first-order valence-electron chi connectivity index (χ1n) is 4.93. The summed E-state index contributed by atoms with van der Waals surface area (Å²) >= 11 is 0. The molecule has 0 aliphatic carbocycles. The summed E-state index contributed by atoms with van der Waals surface area (Å²) in [4.78, 5) is 29.4. The molecule has 0 amide bonds. The SMILES string of the molecule is CCc1cc(=O)oc2nc(S(C)=O)[nH]c(=O)c12. The number of nitrogens with zero attached hydrogens (tertiary/aromatic N) is 1. The Morgan fingerprint density at radius 2 is 2.18 bits per heavy atom. The van der Waals surface area contributed by atoms with Crippen LogP contribution in [0.25, 0.3) is 11.1 Å². The molecule has 0 aliphatic rings. The number of rotatable bonds is 2. The number of aryl methyl sites for hydroxylation is 1. The highest BCUT2D eigenvalue weighted by Crippen LogP contribution is 2.11. The van der Waals surface area contributed by atoms with Crippen molar-refractivity contribution in [2.45, 2.75) is 18.5 Å². The van der Waals surface area contributed by atoms with Gasteiger partial charge in [0.2, 0.25) is 10.9 Å². The third-order valence-corrected chi connectivity index (χ3v) is 3.07. The van der Waals surface area contributed by atoms with Gasteiger partial charge in [-0.15, -0.1) is 0 Å². The van der Waals surface area contributed by atoms with Crippen LogP contribution in [-0.4, -0.2) is 20.4 Å². The fourth-order valence-electron chi connectivity index (χ4n) is 1.54. The predicted molar refractivity (Wildman–Crippen MR) is 62.6 cm³/mol. The number of H-pyrrole nitrogens is 1. The first-order chi connectivity index (χ1) is 8.02. The van der Waals surface area contributed by atoms with E-state index in [0.29, 0.717) is 12.0 Å². The van der Waals surface area contributed by atoms with E-state index in [4.69, 9.17) is 4.42 Å². The summed E-state index contributed by atoms with van der Waals surface area (Å²) in [6.45, 7) is 1.82. The molecule has 1 unspecified atom stereocenters. The Kier molecular flexibility index (Phi) is 2.93. The lowest BCUT2D eigenvalue weighted by Crippen LogP contribution is -2.16. The summed E-state index contributed by atoms with van der Waals surface area (Å²) in [5.74, 6) is 0. The van der Waals surface area contributed by atoms with Crippen molar-refractivity contribution in [3.63, 3.8) is 0 Å². The first-order valence-corrected chi connectivity index (χ1v) is 6.49. The van der Waals surface area contributed by atoms with Gasteiger partial charge in [0.1, 0.15) is 5.39 Å². The Morgan fingerprint density at radius 3 is 2.76 bits per heavy atom. The second kappa shape index (κ2) is 4.25. The van der Waals surface area contributed by atoms with E-state index < -0.39 is 22.0 Å². The van der Waals surface area contributed by atoms with E-state index in [0.717, 1.165) is 0 Å².